The fraction of sp³-hybridized carbons (Fsp3) is 0.529. The molecule has 0 amide bonds. The largest absolute Gasteiger partial charge is 0.294 e. The molecule has 2 atom stereocenters. The molecule has 0 bridgehead atoms. The SMILES string of the molecule is CC(CC(=O)c1ccccc1)C(C)C(=O)SC(C)(C)C. The molecule has 110 valence electrons. The van der Waals surface area contributed by atoms with Gasteiger partial charge < -0.3 is 0 Å². The summed E-state index contributed by atoms with van der Waals surface area (Å²) in [5.74, 6) is 0.0652. The molecule has 0 N–H and O–H groups in total. The third kappa shape index (κ3) is 5.49. The van der Waals surface area contributed by atoms with Gasteiger partial charge in [-0.05, 0) is 5.92 Å². The predicted octanol–water partition coefficient (Wildman–Crippen LogP) is 4.59. The van der Waals surface area contributed by atoms with E-state index in [9.17, 15) is 9.59 Å². The van der Waals surface area contributed by atoms with Crippen LogP contribution in [-0.2, 0) is 4.79 Å². The molecule has 0 heterocycles. The molecule has 1 rings (SSSR count). The molecule has 1 aromatic carbocycles. The zero-order chi connectivity index (χ0) is 15.3. The van der Waals surface area contributed by atoms with E-state index < -0.39 is 0 Å². The second-order valence-corrected chi connectivity index (χ2v) is 8.12. The van der Waals surface area contributed by atoms with E-state index in [1.54, 1.807) is 0 Å². The average Bonchev–Trinajstić information content (AvgIpc) is 2.36. The van der Waals surface area contributed by atoms with Crippen LogP contribution in [-0.4, -0.2) is 15.6 Å². The molecule has 0 aliphatic heterocycles. The normalized spacial score (nSPS) is 14.7. The summed E-state index contributed by atoms with van der Waals surface area (Å²) in [6.07, 6.45) is 0.418. The Balaban J connectivity index is 2.60. The van der Waals surface area contributed by atoms with Gasteiger partial charge in [0.15, 0.2) is 10.9 Å². The molecule has 2 unspecified atom stereocenters. The van der Waals surface area contributed by atoms with E-state index in [0.29, 0.717) is 6.42 Å². The van der Waals surface area contributed by atoms with Gasteiger partial charge in [0.2, 0.25) is 0 Å². The second kappa shape index (κ2) is 7.07. The van der Waals surface area contributed by atoms with Gasteiger partial charge in [0.1, 0.15) is 0 Å². The zero-order valence-electron chi connectivity index (χ0n) is 13.0. The van der Waals surface area contributed by atoms with E-state index in [1.807, 2.05) is 65.0 Å². The maximum Gasteiger partial charge on any atom is 0.192 e. The lowest BCUT2D eigenvalue weighted by Gasteiger charge is -2.22. The third-order valence-electron chi connectivity index (χ3n) is 3.24. The molecule has 0 radical (unpaired) electrons. The van der Waals surface area contributed by atoms with Crippen molar-refractivity contribution in [3.63, 3.8) is 0 Å². The van der Waals surface area contributed by atoms with Gasteiger partial charge in [-0.15, -0.1) is 0 Å². The first-order chi connectivity index (χ1) is 9.20. The van der Waals surface area contributed by atoms with E-state index in [0.717, 1.165) is 5.56 Å². The minimum Gasteiger partial charge on any atom is -0.294 e. The van der Waals surface area contributed by atoms with Crippen LogP contribution in [0.15, 0.2) is 30.3 Å². The third-order valence-corrected chi connectivity index (χ3v) is 4.42. The predicted molar refractivity (Wildman–Crippen MR) is 86.1 cm³/mol. The lowest BCUT2D eigenvalue weighted by Crippen LogP contribution is -2.23. The van der Waals surface area contributed by atoms with Crippen molar-refractivity contribution in [3.8, 4) is 0 Å². The molecular weight excluding hydrogens is 268 g/mol. The van der Waals surface area contributed by atoms with E-state index in [2.05, 4.69) is 0 Å². The summed E-state index contributed by atoms with van der Waals surface area (Å²) in [6.45, 7) is 9.99. The van der Waals surface area contributed by atoms with Gasteiger partial charge in [0.25, 0.3) is 0 Å². The van der Waals surface area contributed by atoms with E-state index >= 15 is 0 Å². The standard InChI is InChI=1S/C17H24O2S/c1-12(13(2)16(19)20-17(3,4)5)11-15(18)14-9-7-6-8-10-14/h6-10,12-13H,11H2,1-5H3. The summed E-state index contributed by atoms with van der Waals surface area (Å²) in [6, 6.07) is 9.27. The van der Waals surface area contributed by atoms with Crippen molar-refractivity contribution in [1.29, 1.82) is 0 Å². The molecule has 2 nitrogen and oxygen atoms in total. The number of rotatable bonds is 5. The monoisotopic (exact) mass is 292 g/mol. The van der Waals surface area contributed by atoms with Crippen LogP contribution in [0.5, 0.6) is 0 Å². The van der Waals surface area contributed by atoms with Gasteiger partial charge in [-0.2, -0.15) is 0 Å². The molecule has 3 heteroatoms. The zero-order valence-corrected chi connectivity index (χ0v) is 13.8. The number of benzene rings is 1. The summed E-state index contributed by atoms with van der Waals surface area (Å²) < 4.78 is -0.0749. The van der Waals surface area contributed by atoms with Crippen molar-refractivity contribution >= 4 is 22.7 Å². The van der Waals surface area contributed by atoms with Gasteiger partial charge in [-0.25, -0.2) is 0 Å². The van der Waals surface area contributed by atoms with Crippen molar-refractivity contribution in [2.75, 3.05) is 0 Å². The van der Waals surface area contributed by atoms with Gasteiger partial charge in [0, 0.05) is 22.6 Å². The van der Waals surface area contributed by atoms with Crippen LogP contribution in [0.25, 0.3) is 0 Å². The fourth-order valence-electron chi connectivity index (χ4n) is 1.84. The van der Waals surface area contributed by atoms with E-state index in [-0.39, 0.29) is 27.5 Å². The van der Waals surface area contributed by atoms with Crippen molar-refractivity contribution in [2.45, 2.75) is 45.8 Å². The molecule has 0 fully saturated rings. The Labute approximate surface area is 126 Å². The second-order valence-electron chi connectivity index (χ2n) is 6.29. The van der Waals surface area contributed by atoms with Crippen LogP contribution in [0.3, 0.4) is 0 Å². The highest BCUT2D eigenvalue weighted by molar-refractivity contribution is 8.14. The van der Waals surface area contributed by atoms with Gasteiger partial charge in [-0.3, -0.25) is 9.59 Å². The number of ketones is 1. The van der Waals surface area contributed by atoms with Crippen LogP contribution in [0.1, 0.15) is 51.4 Å². The molecule has 0 aliphatic carbocycles. The highest BCUT2D eigenvalue weighted by Gasteiger charge is 2.26. The summed E-state index contributed by atoms with van der Waals surface area (Å²) in [7, 11) is 0. The Morgan fingerprint density at radius 1 is 1.10 bits per heavy atom. The Kier molecular flexibility index (Phi) is 6.00. The Morgan fingerprint density at radius 2 is 1.65 bits per heavy atom. The highest BCUT2D eigenvalue weighted by Crippen LogP contribution is 2.30. The molecule has 0 aromatic heterocycles. The maximum absolute atomic E-state index is 12.2. The topological polar surface area (TPSA) is 34.1 Å². The first-order valence-corrected chi connectivity index (χ1v) is 7.83. The van der Waals surface area contributed by atoms with Crippen LogP contribution in [0.2, 0.25) is 0 Å². The van der Waals surface area contributed by atoms with Crippen molar-refractivity contribution in [2.24, 2.45) is 11.8 Å². The minimum absolute atomic E-state index is 0.0602. The van der Waals surface area contributed by atoms with Crippen LogP contribution in [0, 0.1) is 11.8 Å². The Morgan fingerprint density at radius 3 is 2.15 bits per heavy atom. The summed E-state index contributed by atoms with van der Waals surface area (Å²) in [5, 5.41) is 0.172. The van der Waals surface area contributed by atoms with Gasteiger partial charge in [0.05, 0.1) is 0 Å². The van der Waals surface area contributed by atoms with Crippen LogP contribution < -0.4 is 0 Å². The van der Waals surface area contributed by atoms with E-state index in [4.69, 9.17) is 0 Å². The minimum atomic E-state index is -0.105. The van der Waals surface area contributed by atoms with Crippen molar-refractivity contribution in [3.05, 3.63) is 35.9 Å². The summed E-state index contributed by atoms with van der Waals surface area (Å²) >= 11 is 1.37. The quantitative estimate of drug-likeness (QED) is 0.744. The first-order valence-electron chi connectivity index (χ1n) is 7.02. The summed E-state index contributed by atoms with van der Waals surface area (Å²) in [4.78, 5) is 24.3. The molecule has 0 saturated heterocycles. The van der Waals surface area contributed by atoms with Crippen molar-refractivity contribution < 1.29 is 9.59 Å². The van der Waals surface area contributed by atoms with Crippen molar-refractivity contribution in [1.82, 2.24) is 0 Å². The van der Waals surface area contributed by atoms with Gasteiger partial charge >= 0.3 is 0 Å². The average molecular weight is 292 g/mol. The first kappa shape index (κ1) is 17.0. The van der Waals surface area contributed by atoms with Crippen LogP contribution in [0.4, 0.5) is 0 Å². The number of carbonyl (C=O) groups is 2. The summed E-state index contributed by atoms with van der Waals surface area (Å²) in [5.41, 5.74) is 0.725. The Bertz CT molecular complexity index is 460. The number of hydrogen-bond donors (Lipinski definition) is 0. The highest BCUT2D eigenvalue weighted by atomic mass is 32.2. The lowest BCUT2D eigenvalue weighted by atomic mass is 9.90. The molecule has 0 aliphatic rings. The number of carbonyl (C=O) groups excluding carboxylic acids is 2. The van der Waals surface area contributed by atoms with Crippen LogP contribution >= 0.6 is 11.8 Å². The molecule has 0 spiro atoms. The molecule has 20 heavy (non-hydrogen) atoms. The number of hydrogen-bond acceptors (Lipinski definition) is 3. The number of thioether (sulfide) groups is 1. The smallest absolute Gasteiger partial charge is 0.192 e. The lowest BCUT2D eigenvalue weighted by molar-refractivity contribution is -0.115. The Hall–Kier alpha value is -1.09. The van der Waals surface area contributed by atoms with Gasteiger partial charge in [-0.1, -0.05) is 76.7 Å². The molecule has 0 saturated carbocycles. The molecular formula is C17H24O2S. The number of Topliss-reactive ketones (excluding diaryl/α,β-unsaturated/α-hetero) is 1. The fourth-order valence-corrected chi connectivity index (χ4v) is 2.86. The maximum atomic E-state index is 12.2. The van der Waals surface area contributed by atoms with E-state index in [1.165, 1.54) is 11.8 Å². The molecule has 1 aromatic rings.